The van der Waals surface area contributed by atoms with E-state index < -0.39 is 17.2 Å². The number of ether oxygens (including phenoxy) is 1. The third kappa shape index (κ3) is 3.05. The molecule has 0 aliphatic carbocycles. The molecule has 0 aromatic heterocycles. The van der Waals surface area contributed by atoms with E-state index in [1.54, 1.807) is 0 Å². The lowest BCUT2D eigenvalue weighted by Crippen LogP contribution is -1.93. The van der Waals surface area contributed by atoms with Crippen LogP contribution in [0.5, 0.6) is 34.5 Å². The molecular formula is C15H16O6. The zero-order valence-electron chi connectivity index (χ0n) is 11.4. The molecule has 0 saturated heterocycles. The van der Waals surface area contributed by atoms with Gasteiger partial charge in [0.15, 0.2) is 28.7 Å². The normalized spacial score (nSPS) is 10.5. The molecular weight excluding hydrogens is 276 g/mol. The zero-order valence-corrected chi connectivity index (χ0v) is 11.4. The maximum absolute atomic E-state index is 9.70. The second-order valence-electron chi connectivity index (χ2n) is 4.65. The summed E-state index contributed by atoms with van der Waals surface area (Å²) in [4.78, 5) is 0. The highest BCUT2D eigenvalue weighted by Crippen LogP contribution is 2.38. The van der Waals surface area contributed by atoms with Crippen molar-refractivity contribution in [3.63, 3.8) is 0 Å². The average molecular weight is 292 g/mol. The summed E-state index contributed by atoms with van der Waals surface area (Å²) in [5.74, 6) is -1.67. The quantitative estimate of drug-likeness (QED) is 0.551. The Balaban J connectivity index is 2.17. The molecule has 0 radical (unpaired) electrons. The molecule has 0 saturated carbocycles. The first kappa shape index (κ1) is 14.6. The fourth-order valence-electron chi connectivity index (χ4n) is 2.10. The van der Waals surface area contributed by atoms with Gasteiger partial charge < -0.3 is 30.3 Å². The van der Waals surface area contributed by atoms with Gasteiger partial charge in [0.25, 0.3) is 0 Å². The number of benzene rings is 2. The molecule has 6 nitrogen and oxygen atoms in total. The standard InChI is InChI=1S/C15H16O6/c1-21-15-12(18)6-9(7-13(15)19)3-2-8-4-10(16)14(20)11(17)5-8/h4-7,16-20H,2-3H2,1H3. The molecule has 6 heteroatoms. The van der Waals surface area contributed by atoms with E-state index in [0.29, 0.717) is 24.0 Å². The van der Waals surface area contributed by atoms with Crippen molar-refractivity contribution in [2.75, 3.05) is 7.11 Å². The predicted molar refractivity (Wildman–Crippen MR) is 75.2 cm³/mol. The SMILES string of the molecule is COc1c(O)cc(CCc2cc(O)c(O)c(O)c2)cc1O. The molecule has 5 N–H and O–H groups in total. The summed E-state index contributed by atoms with van der Waals surface area (Å²) < 4.78 is 4.84. The fraction of sp³-hybridized carbons (Fsp3) is 0.200. The van der Waals surface area contributed by atoms with Crippen LogP contribution in [0.2, 0.25) is 0 Å². The van der Waals surface area contributed by atoms with Crippen LogP contribution in [0.3, 0.4) is 0 Å². The van der Waals surface area contributed by atoms with Gasteiger partial charge in [0.05, 0.1) is 7.11 Å². The summed E-state index contributed by atoms with van der Waals surface area (Å²) in [7, 11) is 1.34. The highest BCUT2D eigenvalue weighted by Gasteiger charge is 2.11. The molecule has 0 bridgehead atoms. The average Bonchev–Trinajstić information content (AvgIpc) is 2.42. The van der Waals surface area contributed by atoms with E-state index in [-0.39, 0.29) is 17.2 Å². The molecule has 21 heavy (non-hydrogen) atoms. The van der Waals surface area contributed by atoms with Crippen LogP contribution >= 0.6 is 0 Å². The van der Waals surface area contributed by atoms with Gasteiger partial charge in [-0.15, -0.1) is 0 Å². The smallest absolute Gasteiger partial charge is 0.202 e. The number of hydrogen-bond acceptors (Lipinski definition) is 6. The topological polar surface area (TPSA) is 110 Å². The summed E-state index contributed by atoms with van der Waals surface area (Å²) in [5, 5.41) is 47.5. The molecule has 2 aromatic rings. The van der Waals surface area contributed by atoms with E-state index in [4.69, 9.17) is 4.74 Å². The maximum atomic E-state index is 9.70. The molecule has 0 aliphatic rings. The first-order valence-electron chi connectivity index (χ1n) is 6.25. The Bertz CT molecular complexity index is 619. The van der Waals surface area contributed by atoms with Crippen LogP contribution in [0.4, 0.5) is 0 Å². The number of methoxy groups -OCH3 is 1. The van der Waals surface area contributed by atoms with Gasteiger partial charge in [0, 0.05) is 0 Å². The van der Waals surface area contributed by atoms with E-state index in [2.05, 4.69) is 0 Å². The van der Waals surface area contributed by atoms with Gasteiger partial charge in [0.2, 0.25) is 5.75 Å². The van der Waals surface area contributed by atoms with Crippen molar-refractivity contribution in [1.29, 1.82) is 0 Å². The van der Waals surface area contributed by atoms with E-state index in [0.717, 1.165) is 0 Å². The Labute approximate surface area is 121 Å². The first-order valence-corrected chi connectivity index (χ1v) is 6.25. The van der Waals surface area contributed by atoms with Crippen molar-refractivity contribution in [1.82, 2.24) is 0 Å². The maximum Gasteiger partial charge on any atom is 0.202 e. The van der Waals surface area contributed by atoms with Crippen molar-refractivity contribution < 1.29 is 30.3 Å². The number of hydrogen-bond donors (Lipinski definition) is 5. The molecule has 0 spiro atoms. The van der Waals surface area contributed by atoms with Crippen molar-refractivity contribution >= 4 is 0 Å². The van der Waals surface area contributed by atoms with Gasteiger partial charge in [-0.3, -0.25) is 0 Å². The van der Waals surface area contributed by atoms with Gasteiger partial charge in [-0.1, -0.05) is 0 Å². The van der Waals surface area contributed by atoms with Crippen LogP contribution in [0.1, 0.15) is 11.1 Å². The molecule has 0 aliphatic heterocycles. The second kappa shape index (κ2) is 5.70. The lowest BCUT2D eigenvalue weighted by molar-refractivity contribution is 0.344. The van der Waals surface area contributed by atoms with Crippen molar-refractivity contribution in [3.8, 4) is 34.5 Å². The summed E-state index contributed by atoms with van der Waals surface area (Å²) in [6, 6.07) is 5.63. The molecule has 0 unspecified atom stereocenters. The lowest BCUT2D eigenvalue weighted by atomic mass is 10.0. The number of rotatable bonds is 4. The number of phenolic OH excluding ortho intramolecular Hbond substituents is 5. The van der Waals surface area contributed by atoms with E-state index in [1.165, 1.54) is 31.4 Å². The van der Waals surface area contributed by atoms with Crippen LogP contribution in [0.15, 0.2) is 24.3 Å². The molecule has 0 atom stereocenters. The van der Waals surface area contributed by atoms with Crippen LogP contribution in [0.25, 0.3) is 0 Å². The van der Waals surface area contributed by atoms with E-state index in [9.17, 15) is 25.5 Å². The van der Waals surface area contributed by atoms with Crippen LogP contribution in [-0.4, -0.2) is 32.6 Å². The van der Waals surface area contributed by atoms with E-state index in [1.807, 2.05) is 0 Å². The van der Waals surface area contributed by atoms with Gasteiger partial charge in [-0.05, 0) is 48.2 Å². The summed E-state index contributed by atoms with van der Waals surface area (Å²) in [6.07, 6.45) is 0.890. The molecule has 0 heterocycles. The van der Waals surface area contributed by atoms with Gasteiger partial charge in [-0.2, -0.15) is 0 Å². The lowest BCUT2D eigenvalue weighted by Gasteiger charge is -2.09. The molecule has 2 rings (SSSR count). The first-order chi connectivity index (χ1) is 9.92. The Morgan fingerprint density at radius 2 is 1.10 bits per heavy atom. The highest BCUT2D eigenvalue weighted by atomic mass is 16.5. The number of aryl methyl sites for hydroxylation is 2. The highest BCUT2D eigenvalue weighted by molar-refractivity contribution is 5.53. The van der Waals surface area contributed by atoms with Crippen molar-refractivity contribution in [3.05, 3.63) is 35.4 Å². The third-order valence-corrected chi connectivity index (χ3v) is 3.15. The van der Waals surface area contributed by atoms with E-state index >= 15 is 0 Å². The van der Waals surface area contributed by atoms with Gasteiger partial charge in [-0.25, -0.2) is 0 Å². The number of phenols is 5. The minimum absolute atomic E-state index is 0.0127. The van der Waals surface area contributed by atoms with Gasteiger partial charge in [0.1, 0.15) is 0 Å². The largest absolute Gasteiger partial charge is 0.504 e. The Morgan fingerprint density at radius 1 is 0.714 bits per heavy atom. The van der Waals surface area contributed by atoms with Crippen LogP contribution < -0.4 is 4.74 Å². The molecule has 0 fully saturated rings. The Morgan fingerprint density at radius 3 is 1.48 bits per heavy atom. The minimum atomic E-state index is -0.557. The zero-order chi connectivity index (χ0) is 15.6. The minimum Gasteiger partial charge on any atom is -0.504 e. The summed E-state index contributed by atoms with van der Waals surface area (Å²) >= 11 is 0. The monoisotopic (exact) mass is 292 g/mol. The molecule has 112 valence electrons. The second-order valence-corrected chi connectivity index (χ2v) is 4.65. The third-order valence-electron chi connectivity index (χ3n) is 3.15. The summed E-state index contributed by atoms with van der Waals surface area (Å²) in [6.45, 7) is 0. The summed E-state index contributed by atoms with van der Waals surface area (Å²) in [5.41, 5.74) is 1.27. The number of aromatic hydroxyl groups is 5. The van der Waals surface area contributed by atoms with Crippen LogP contribution in [0, 0.1) is 0 Å². The van der Waals surface area contributed by atoms with Gasteiger partial charge >= 0.3 is 0 Å². The van der Waals surface area contributed by atoms with Crippen molar-refractivity contribution in [2.45, 2.75) is 12.8 Å². The fourth-order valence-corrected chi connectivity index (χ4v) is 2.10. The molecule has 2 aromatic carbocycles. The van der Waals surface area contributed by atoms with Crippen molar-refractivity contribution in [2.24, 2.45) is 0 Å². The predicted octanol–water partition coefficient (Wildman–Crippen LogP) is 2.01. The molecule has 0 amide bonds. The Hall–Kier alpha value is -2.76. The van der Waals surface area contributed by atoms with Crippen LogP contribution in [-0.2, 0) is 12.8 Å². The Kier molecular flexibility index (Phi) is 3.98.